The predicted octanol–water partition coefficient (Wildman–Crippen LogP) is 2.08. The summed E-state index contributed by atoms with van der Waals surface area (Å²) in [6, 6.07) is 0.736. The Morgan fingerprint density at radius 3 is 2.57 bits per heavy atom. The minimum atomic E-state index is -0.444. The standard InChI is InChI=1S/C16H29N5O2/c1-16(2,3)23-15(22)21(5)14-8-6-12(7-9-14)17-10-13-11-20(4)19-18-13/h11-12,14,17H,6-10H2,1-5H3. The quantitative estimate of drug-likeness (QED) is 0.918. The van der Waals surface area contributed by atoms with Gasteiger partial charge in [-0.05, 0) is 46.5 Å². The molecule has 23 heavy (non-hydrogen) atoms. The number of hydrogen-bond donors (Lipinski definition) is 1. The molecule has 1 amide bonds. The second-order valence-corrected chi connectivity index (χ2v) is 7.36. The summed E-state index contributed by atoms with van der Waals surface area (Å²) < 4.78 is 7.15. The fourth-order valence-electron chi connectivity index (χ4n) is 2.88. The van der Waals surface area contributed by atoms with E-state index in [0.717, 1.165) is 37.9 Å². The van der Waals surface area contributed by atoms with E-state index < -0.39 is 5.60 Å². The minimum absolute atomic E-state index is 0.228. The van der Waals surface area contributed by atoms with Crippen molar-refractivity contribution in [3.8, 4) is 0 Å². The van der Waals surface area contributed by atoms with Crippen molar-refractivity contribution in [2.75, 3.05) is 7.05 Å². The smallest absolute Gasteiger partial charge is 0.410 e. The molecule has 0 atom stereocenters. The van der Waals surface area contributed by atoms with Gasteiger partial charge in [0.05, 0.1) is 5.69 Å². The van der Waals surface area contributed by atoms with E-state index in [-0.39, 0.29) is 12.1 Å². The zero-order valence-corrected chi connectivity index (χ0v) is 14.9. The molecular weight excluding hydrogens is 294 g/mol. The Bertz CT molecular complexity index is 515. The van der Waals surface area contributed by atoms with Crippen LogP contribution in [0.15, 0.2) is 6.20 Å². The van der Waals surface area contributed by atoms with Crippen LogP contribution in [0.4, 0.5) is 4.79 Å². The number of amides is 1. The molecule has 1 aliphatic rings. The Balaban J connectivity index is 1.73. The van der Waals surface area contributed by atoms with Crippen molar-refractivity contribution >= 4 is 6.09 Å². The molecule has 7 nitrogen and oxygen atoms in total. The summed E-state index contributed by atoms with van der Waals surface area (Å²) in [5.74, 6) is 0. The molecule has 1 saturated carbocycles. The van der Waals surface area contributed by atoms with Gasteiger partial charge in [-0.1, -0.05) is 5.21 Å². The van der Waals surface area contributed by atoms with E-state index in [1.165, 1.54) is 0 Å². The lowest BCUT2D eigenvalue weighted by atomic mass is 9.90. The van der Waals surface area contributed by atoms with Gasteiger partial charge in [0.1, 0.15) is 5.60 Å². The van der Waals surface area contributed by atoms with E-state index in [0.29, 0.717) is 6.04 Å². The van der Waals surface area contributed by atoms with Crippen molar-refractivity contribution in [1.29, 1.82) is 0 Å². The van der Waals surface area contributed by atoms with Crippen LogP contribution in [-0.4, -0.2) is 50.7 Å². The SMILES string of the molecule is CN(C(=O)OC(C)(C)C)C1CCC(NCc2cn(C)nn2)CC1. The number of carbonyl (C=O) groups excluding carboxylic acids is 1. The van der Waals surface area contributed by atoms with Crippen LogP contribution in [0.25, 0.3) is 0 Å². The van der Waals surface area contributed by atoms with Gasteiger partial charge in [0, 0.05) is 38.9 Å². The van der Waals surface area contributed by atoms with Gasteiger partial charge in [-0.3, -0.25) is 4.68 Å². The summed E-state index contributed by atoms with van der Waals surface area (Å²) in [5.41, 5.74) is 0.515. The maximum atomic E-state index is 12.1. The van der Waals surface area contributed by atoms with Crippen LogP contribution in [0, 0.1) is 0 Å². The molecule has 130 valence electrons. The third kappa shape index (κ3) is 5.49. The largest absolute Gasteiger partial charge is 0.444 e. The normalized spacial score (nSPS) is 22.0. The van der Waals surface area contributed by atoms with Crippen LogP contribution in [0.5, 0.6) is 0 Å². The second kappa shape index (κ2) is 7.29. The first-order valence-electron chi connectivity index (χ1n) is 8.29. The number of hydrogen-bond acceptors (Lipinski definition) is 5. The molecule has 1 aromatic rings. The average Bonchev–Trinajstić information content (AvgIpc) is 2.89. The van der Waals surface area contributed by atoms with Crippen molar-refractivity contribution < 1.29 is 9.53 Å². The van der Waals surface area contributed by atoms with Gasteiger partial charge in [0.15, 0.2) is 0 Å². The van der Waals surface area contributed by atoms with Gasteiger partial charge in [-0.15, -0.1) is 5.10 Å². The number of nitrogens with one attached hydrogen (secondary N) is 1. The number of aryl methyl sites for hydroxylation is 1. The predicted molar refractivity (Wildman–Crippen MR) is 87.9 cm³/mol. The summed E-state index contributed by atoms with van der Waals surface area (Å²) in [5, 5.41) is 11.5. The number of carbonyl (C=O) groups is 1. The van der Waals surface area contributed by atoms with E-state index in [4.69, 9.17) is 4.74 Å². The molecule has 1 aromatic heterocycles. The van der Waals surface area contributed by atoms with Gasteiger partial charge in [-0.2, -0.15) is 0 Å². The van der Waals surface area contributed by atoms with E-state index in [1.807, 2.05) is 41.1 Å². The monoisotopic (exact) mass is 323 g/mol. The van der Waals surface area contributed by atoms with E-state index in [2.05, 4.69) is 15.6 Å². The molecule has 1 heterocycles. The van der Waals surface area contributed by atoms with E-state index in [9.17, 15) is 4.79 Å². The zero-order valence-electron chi connectivity index (χ0n) is 14.9. The molecule has 2 rings (SSSR count). The van der Waals surface area contributed by atoms with Crippen LogP contribution in [0.1, 0.15) is 52.1 Å². The Morgan fingerprint density at radius 2 is 2.04 bits per heavy atom. The summed E-state index contributed by atoms with van der Waals surface area (Å²) in [6.45, 7) is 6.43. The summed E-state index contributed by atoms with van der Waals surface area (Å²) in [7, 11) is 3.71. The van der Waals surface area contributed by atoms with Crippen molar-refractivity contribution in [2.24, 2.45) is 7.05 Å². The van der Waals surface area contributed by atoms with Crippen LogP contribution in [-0.2, 0) is 18.3 Å². The highest BCUT2D eigenvalue weighted by Crippen LogP contribution is 2.24. The summed E-state index contributed by atoms with van der Waals surface area (Å²) in [4.78, 5) is 13.9. The lowest BCUT2D eigenvalue weighted by molar-refractivity contribution is 0.0179. The summed E-state index contributed by atoms with van der Waals surface area (Å²) in [6.07, 6.45) is 5.79. The van der Waals surface area contributed by atoms with Crippen LogP contribution in [0.2, 0.25) is 0 Å². The highest BCUT2D eigenvalue weighted by molar-refractivity contribution is 5.68. The lowest BCUT2D eigenvalue weighted by Gasteiger charge is -2.35. The first-order valence-corrected chi connectivity index (χ1v) is 8.29. The van der Waals surface area contributed by atoms with Crippen LogP contribution >= 0.6 is 0 Å². The number of aromatic nitrogens is 3. The molecule has 1 fully saturated rings. The van der Waals surface area contributed by atoms with Gasteiger partial charge >= 0.3 is 6.09 Å². The molecule has 0 aromatic carbocycles. The Kier molecular flexibility index (Phi) is 5.62. The number of nitrogens with zero attached hydrogens (tertiary/aromatic N) is 4. The van der Waals surface area contributed by atoms with Crippen molar-refractivity contribution in [1.82, 2.24) is 25.2 Å². The van der Waals surface area contributed by atoms with Crippen molar-refractivity contribution in [3.05, 3.63) is 11.9 Å². The Morgan fingerprint density at radius 1 is 1.39 bits per heavy atom. The molecular formula is C16H29N5O2. The first-order chi connectivity index (χ1) is 10.7. The molecule has 0 aliphatic heterocycles. The molecule has 0 unspecified atom stereocenters. The fraction of sp³-hybridized carbons (Fsp3) is 0.812. The van der Waals surface area contributed by atoms with Crippen molar-refractivity contribution in [2.45, 2.75) is 70.7 Å². The van der Waals surface area contributed by atoms with Crippen molar-refractivity contribution in [3.63, 3.8) is 0 Å². The Labute approximate surface area is 138 Å². The maximum Gasteiger partial charge on any atom is 0.410 e. The third-order valence-corrected chi connectivity index (χ3v) is 4.15. The average molecular weight is 323 g/mol. The molecule has 0 bridgehead atoms. The maximum absolute atomic E-state index is 12.1. The van der Waals surface area contributed by atoms with Gasteiger partial charge in [-0.25, -0.2) is 4.79 Å². The topological polar surface area (TPSA) is 72.3 Å². The minimum Gasteiger partial charge on any atom is -0.444 e. The molecule has 0 saturated heterocycles. The molecule has 0 radical (unpaired) electrons. The summed E-state index contributed by atoms with van der Waals surface area (Å²) >= 11 is 0. The number of ether oxygens (including phenoxy) is 1. The third-order valence-electron chi connectivity index (χ3n) is 4.15. The molecule has 1 aliphatic carbocycles. The molecule has 0 spiro atoms. The highest BCUT2D eigenvalue weighted by Gasteiger charge is 2.29. The lowest BCUT2D eigenvalue weighted by Crippen LogP contribution is -2.44. The fourth-order valence-corrected chi connectivity index (χ4v) is 2.88. The first kappa shape index (κ1) is 17.7. The van der Waals surface area contributed by atoms with Gasteiger partial charge < -0.3 is 15.0 Å². The van der Waals surface area contributed by atoms with Gasteiger partial charge in [0.2, 0.25) is 0 Å². The highest BCUT2D eigenvalue weighted by atomic mass is 16.6. The second-order valence-electron chi connectivity index (χ2n) is 7.36. The van der Waals surface area contributed by atoms with E-state index >= 15 is 0 Å². The van der Waals surface area contributed by atoms with E-state index in [1.54, 1.807) is 9.58 Å². The number of rotatable bonds is 4. The van der Waals surface area contributed by atoms with Gasteiger partial charge in [0.25, 0.3) is 0 Å². The van der Waals surface area contributed by atoms with Crippen LogP contribution < -0.4 is 5.32 Å². The molecule has 7 heteroatoms. The Hall–Kier alpha value is -1.63. The zero-order chi connectivity index (χ0) is 17.0. The molecule has 1 N–H and O–H groups in total. The van der Waals surface area contributed by atoms with Crippen LogP contribution in [0.3, 0.4) is 0 Å².